The van der Waals surface area contributed by atoms with Gasteiger partial charge in [-0.05, 0) is 37.6 Å². The smallest absolute Gasteiger partial charge is 0.260 e. The Kier molecular flexibility index (Phi) is 8.27. The van der Waals surface area contributed by atoms with Gasteiger partial charge in [0.15, 0.2) is 6.61 Å². The lowest BCUT2D eigenvalue weighted by Crippen LogP contribution is -2.58. The first-order chi connectivity index (χ1) is 16.0. The number of hydrogen-bond acceptors (Lipinski definition) is 6. The number of amides is 2. The van der Waals surface area contributed by atoms with E-state index < -0.39 is 15.9 Å². The summed E-state index contributed by atoms with van der Waals surface area (Å²) in [5, 5.41) is 0. The van der Waals surface area contributed by atoms with Crippen LogP contribution in [0.5, 0.6) is 5.75 Å². The molecule has 1 aliphatic heterocycles. The lowest BCUT2D eigenvalue weighted by molar-refractivity contribution is -0.139. The van der Waals surface area contributed by atoms with E-state index in [0.717, 1.165) is 11.8 Å². The molecule has 0 spiro atoms. The fraction of sp³-hybridized carbons (Fsp3) is 0.417. The molecule has 1 fully saturated rings. The molecular formula is C24H30FN3O5S. The van der Waals surface area contributed by atoms with E-state index in [1.54, 1.807) is 41.3 Å². The van der Waals surface area contributed by atoms with E-state index in [2.05, 4.69) is 4.90 Å². The van der Waals surface area contributed by atoms with Crippen LogP contribution in [0.1, 0.15) is 25.0 Å². The van der Waals surface area contributed by atoms with Gasteiger partial charge < -0.3 is 9.64 Å². The topological polar surface area (TPSA) is 96.0 Å². The summed E-state index contributed by atoms with van der Waals surface area (Å²) < 4.78 is 43.4. The van der Waals surface area contributed by atoms with Crippen molar-refractivity contribution in [2.75, 3.05) is 26.0 Å². The van der Waals surface area contributed by atoms with Gasteiger partial charge in [0.25, 0.3) is 5.91 Å². The second kappa shape index (κ2) is 11.0. The zero-order valence-electron chi connectivity index (χ0n) is 19.5. The average Bonchev–Trinajstić information content (AvgIpc) is 2.75. The Morgan fingerprint density at radius 1 is 1.06 bits per heavy atom. The van der Waals surface area contributed by atoms with E-state index in [4.69, 9.17) is 4.74 Å². The molecule has 3 rings (SSSR count). The Morgan fingerprint density at radius 2 is 1.74 bits per heavy atom. The number of halogens is 1. The minimum atomic E-state index is -3.66. The summed E-state index contributed by atoms with van der Waals surface area (Å²) >= 11 is 0. The molecule has 184 valence electrons. The lowest BCUT2D eigenvalue weighted by Gasteiger charge is -2.44. The van der Waals surface area contributed by atoms with Crippen LogP contribution in [-0.2, 0) is 32.6 Å². The number of rotatable bonds is 8. The molecule has 0 bridgehead atoms. The van der Waals surface area contributed by atoms with Gasteiger partial charge in [-0.2, -0.15) is 0 Å². The third-order valence-electron chi connectivity index (χ3n) is 5.71. The molecule has 0 unspecified atom stereocenters. The van der Waals surface area contributed by atoms with E-state index >= 15 is 0 Å². The Bertz CT molecular complexity index is 1120. The minimum Gasteiger partial charge on any atom is -0.483 e. The highest BCUT2D eigenvalue weighted by Crippen LogP contribution is 2.21. The first-order valence-corrected chi connectivity index (χ1v) is 12.9. The second-order valence-corrected chi connectivity index (χ2v) is 10.4. The highest BCUT2D eigenvalue weighted by atomic mass is 32.2. The Hall–Kier alpha value is -2.98. The quantitative estimate of drug-likeness (QED) is 0.607. The minimum absolute atomic E-state index is 0.0384. The maximum absolute atomic E-state index is 13.2. The number of hydrogen-bond donors (Lipinski definition) is 1. The Morgan fingerprint density at radius 3 is 2.41 bits per heavy atom. The van der Waals surface area contributed by atoms with Crippen molar-refractivity contribution < 1.29 is 27.1 Å². The molecule has 8 nitrogen and oxygen atoms in total. The molecule has 10 heteroatoms. The largest absolute Gasteiger partial charge is 0.483 e. The summed E-state index contributed by atoms with van der Waals surface area (Å²) in [5.74, 6) is -0.755. The normalized spacial score (nSPS) is 19.0. The summed E-state index contributed by atoms with van der Waals surface area (Å²) in [4.78, 5) is 29.0. The molecule has 0 radical (unpaired) electrons. The Balaban J connectivity index is 1.57. The first kappa shape index (κ1) is 25.6. The molecule has 0 aliphatic carbocycles. The van der Waals surface area contributed by atoms with Gasteiger partial charge >= 0.3 is 0 Å². The third kappa shape index (κ3) is 7.26. The van der Waals surface area contributed by atoms with Gasteiger partial charge in [0.05, 0.1) is 12.7 Å². The van der Waals surface area contributed by atoms with Gasteiger partial charge in [-0.15, -0.1) is 0 Å². The summed E-state index contributed by atoms with van der Waals surface area (Å²) in [5.41, 5.74) is 1.50. The van der Waals surface area contributed by atoms with Crippen molar-refractivity contribution in [1.29, 1.82) is 0 Å². The van der Waals surface area contributed by atoms with E-state index in [1.165, 1.54) is 12.1 Å². The van der Waals surface area contributed by atoms with E-state index in [9.17, 15) is 22.4 Å². The maximum Gasteiger partial charge on any atom is 0.260 e. The van der Waals surface area contributed by atoms with Gasteiger partial charge in [-0.1, -0.05) is 30.3 Å². The van der Waals surface area contributed by atoms with Crippen LogP contribution in [0.15, 0.2) is 48.5 Å². The van der Waals surface area contributed by atoms with Crippen LogP contribution in [0.4, 0.5) is 4.39 Å². The fourth-order valence-electron chi connectivity index (χ4n) is 4.02. The van der Waals surface area contributed by atoms with Crippen molar-refractivity contribution in [3.8, 4) is 5.75 Å². The molecular weight excluding hydrogens is 461 g/mol. The molecule has 2 aromatic carbocycles. The molecule has 1 saturated heterocycles. The van der Waals surface area contributed by atoms with Crippen LogP contribution in [0.3, 0.4) is 0 Å². The number of carbonyl (C=O) groups excluding carboxylic acids is 2. The van der Waals surface area contributed by atoms with Gasteiger partial charge in [0.1, 0.15) is 11.6 Å². The van der Waals surface area contributed by atoms with Crippen molar-refractivity contribution in [3.63, 3.8) is 0 Å². The SMILES string of the molecule is C[C@@H]1CN(Cc2ccc(F)cc2)[C@@H](C)CN1C(=O)COc1ccccc1CC(=O)NS(C)(=O)=O. The molecule has 1 aliphatic rings. The Labute approximate surface area is 199 Å². The van der Waals surface area contributed by atoms with Crippen molar-refractivity contribution in [3.05, 3.63) is 65.5 Å². The molecule has 2 atom stereocenters. The molecule has 34 heavy (non-hydrogen) atoms. The highest BCUT2D eigenvalue weighted by molar-refractivity contribution is 7.89. The molecule has 0 aromatic heterocycles. The van der Waals surface area contributed by atoms with E-state index in [1.807, 2.05) is 18.6 Å². The van der Waals surface area contributed by atoms with Gasteiger partial charge in [-0.3, -0.25) is 19.2 Å². The number of sulfonamides is 1. The number of para-hydroxylation sites is 1. The lowest BCUT2D eigenvalue weighted by atomic mass is 10.1. The predicted octanol–water partition coefficient (Wildman–Crippen LogP) is 1.94. The second-order valence-electron chi connectivity index (χ2n) is 8.67. The van der Waals surface area contributed by atoms with E-state index in [-0.39, 0.29) is 36.8 Å². The molecule has 1 heterocycles. The number of nitrogens with one attached hydrogen (secondary N) is 1. The van der Waals surface area contributed by atoms with Crippen molar-refractivity contribution in [1.82, 2.24) is 14.5 Å². The average molecular weight is 492 g/mol. The summed E-state index contributed by atoms with van der Waals surface area (Å²) in [6.07, 6.45) is 0.723. The molecule has 2 aromatic rings. The zero-order valence-corrected chi connectivity index (χ0v) is 20.3. The molecule has 1 N–H and O–H groups in total. The van der Waals surface area contributed by atoms with Crippen LogP contribution in [-0.4, -0.2) is 68.1 Å². The summed E-state index contributed by atoms with van der Waals surface area (Å²) in [6.45, 7) is 5.71. The monoisotopic (exact) mass is 491 g/mol. The van der Waals surface area contributed by atoms with Crippen LogP contribution in [0.25, 0.3) is 0 Å². The van der Waals surface area contributed by atoms with Crippen LogP contribution in [0.2, 0.25) is 0 Å². The number of carbonyl (C=O) groups is 2. The number of ether oxygens (including phenoxy) is 1. The van der Waals surface area contributed by atoms with Crippen LogP contribution >= 0.6 is 0 Å². The van der Waals surface area contributed by atoms with Crippen molar-refractivity contribution in [2.24, 2.45) is 0 Å². The molecule has 2 amide bonds. The summed E-state index contributed by atoms with van der Waals surface area (Å²) in [7, 11) is -3.66. The fourth-order valence-corrected chi connectivity index (χ4v) is 4.50. The number of piperazine rings is 1. The van der Waals surface area contributed by atoms with Gasteiger partial charge in [0.2, 0.25) is 15.9 Å². The van der Waals surface area contributed by atoms with E-state index in [0.29, 0.717) is 30.9 Å². The highest BCUT2D eigenvalue weighted by Gasteiger charge is 2.32. The van der Waals surface area contributed by atoms with Crippen molar-refractivity contribution in [2.45, 2.75) is 38.9 Å². The predicted molar refractivity (Wildman–Crippen MR) is 126 cm³/mol. The first-order valence-electron chi connectivity index (χ1n) is 11.0. The maximum atomic E-state index is 13.2. The molecule has 0 saturated carbocycles. The standard InChI is InChI=1S/C24H30FN3O5S/c1-17-14-28(18(2)13-27(17)15-19-8-10-21(25)11-9-19)24(30)16-33-22-7-5-4-6-20(22)12-23(29)26-34(3,31)32/h4-11,17-18H,12-16H2,1-3H3,(H,26,29)/t17-,18+/m0/s1. The number of nitrogens with zero attached hydrogens (tertiary/aromatic N) is 2. The number of benzene rings is 2. The van der Waals surface area contributed by atoms with Gasteiger partial charge in [0, 0.05) is 37.3 Å². The van der Waals surface area contributed by atoms with Crippen LogP contribution < -0.4 is 9.46 Å². The third-order valence-corrected chi connectivity index (χ3v) is 6.31. The van der Waals surface area contributed by atoms with Gasteiger partial charge in [-0.25, -0.2) is 12.8 Å². The van der Waals surface area contributed by atoms with Crippen molar-refractivity contribution >= 4 is 21.8 Å². The zero-order chi connectivity index (χ0) is 24.9. The summed E-state index contributed by atoms with van der Waals surface area (Å²) in [6, 6.07) is 13.2. The van der Waals surface area contributed by atoms with Crippen LogP contribution in [0, 0.1) is 5.82 Å².